The van der Waals surface area contributed by atoms with Crippen LogP contribution in [0.3, 0.4) is 0 Å². The summed E-state index contributed by atoms with van der Waals surface area (Å²) in [5.41, 5.74) is 3.83. The third-order valence-electron chi connectivity index (χ3n) is 4.77. The SMILES string of the molecule is CCC1c2ccsc2CCN1C(=O)c1cncc(-c2cnn(C)c2)c1. The largest absolute Gasteiger partial charge is 0.331 e. The normalized spacial score (nSPS) is 16.7. The van der Waals surface area contributed by atoms with Gasteiger partial charge in [-0.2, -0.15) is 5.10 Å². The van der Waals surface area contributed by atoms with Gasteiger partial charge in [0.15, 0.2) is 0 Å². The summed E-state index contributed by atoms with van der Waals surface area (Å²) in [4.78, 5) is 20.9. The number of pyridine rings is 1. The molecule has 0 fully saturated rings. The molecule has 3 aromatic rings. The van der Waals surface area contributed by atoms with Crippen LogP contribution in [0.25, 0.3) is 11.1 Å². The number of amides is 1. The Morgan fingerprint density at radius 1 is 1.32 bits per heavy atom. The van der Waals surface area contributed by atoms with Gasteiger partial charge in [-0.25, -0.2) is 0 Å². The molecule has 0 radical (unpaired) electrons. The maximum absolute atomic E-state index is 13.2. The van der Waals surface area contributed by atoms with Gasteiger partial charge in [0.1, 0.15) is 0 Å². The molecule has 6 heteroatoms. The summed E-state index contributed by atoms with van der Waals surface area (Å²) >= 11 is 1.80. The summed E-state index contributed by atoms with van der Waals surface area (Å²) in [6, 6.07) is 4.24. The average molecular weight is 352 g/mol. The molecular weight excluding hydrogens is 332 g/mol. The number of thiophene rings is 1. The van der Waals surface area contributed by atoms with Crippen LogP contribution in [0.5, 0.6) is 0 Å². The van der Waals surface area contributed by atoms with E-state index in [2.05, 4.69) is 28.5 Å². The van der Waals surface area contributed by atoms with Crippen molar-refractivity contribution in [3.63, 3.8) is 0 Å². The van der Waals surface area contributed by atoms with Crippen LogP contribution in [0.1, 0.15) is 40.2 Å². The van der Waals surface area contributed by atoms with E-state index in [1.807, 2.05) is 24.2 Å². The van der Waals surface area contributed by atoms with E-state index in [9.17, 15) is 4.79 Å². The predicted octanol–water partition coefficient (Wildman–Crippen LogP) is 3.69. The minimum Gasteiger partial charge on any atom is -0.331 e. The van der Waals surface area contributed by atoms with Crippen LogP contribution in [0, 0.1) is 0 Å². The fraction of sp³-hybridized carbons (Fsp3) is 0.316. The molecule has 0 aromatic carbocycles. The zero-order valence-corrected chi connectivity index (χ0v) is 15.2. The van der Waals surface area contributed by atoms with Crippen molar-refractivity contribution in [2.45, 2.75) is 25.8 Å². The lowest BCUT2D eigenvalue weighted by Gasteiger charge is -2.35. The third kappa shape index (κ3) is 2.87. The maximum atomic E-state index is 13.2. The second-order valence-electron chi connectivity index (χ2n) is 6.34. The summed E-state index contributed by atoms with van der Waals surface area (Å²) in [5, 5.41) is 6.33. The first-order valence-electron chi connectivity index (χ1n) is 8.48. The molecule has 0 saturated heterocycles. The molecule has 1 aliphatic rings. The average Bonchev–Trinajstić information content (AvgIpc) is 3.29. The van der Waals surface area contributed by atoms with Gasteiger partial charge in [-0.05, 0) is 35.9 Å². The quantitative estimate of drug-likeness (QED) is 0.722. The molecule has 1 aliphatic heterocycles. The van der Waals surface area contributed by atoms with Crippen molar-refractivity contribution < 1.29 is 4.79 Å². The molecule has 3 aromatic heterocycles. The van der Waals surface area contributed by atoms with Gasteiger partial charge in [-0.1, -0.05) is 6.92 Å². The molecule has 0 spiro atoms. The Morgan fingerprint density at radius 2 is 2.20 bits per heavy atom. The topological polar surface area (TPSA) is 51.0 Å². The molecule has 0 N–H and O–H groups in total. The molecule has 5 nitrogen and oxygen atoms in total. The van der Waals surface area contributed by atoms with Gasteiger partial charge in [0.2, 0.25) is 0 Å². The van der Waals surface area contributed by atoms with Crippen molar-refractivity contribution in [3.8, 4) is 11.1 Å². The Bertz CT molecular complexity index is 914. The minimum absolute atomic E-state index is 0.0574. The zero-order valence-electron chi connectivity index (χ0n) is 14.3. The lowest BCUT2D eigenvalue weighted by Crippen LogP contribution is -2.39. The molecule has 4 heterocycles. The summed E-state index contributed by atoms with van der Waals surface area (Å²) in [6.45, 7) is 2.91. The van der Waals surface area contributed by atoms with Crippen LogP contribution >= 0.6 is 11.3 Å². The van der Waals surface area contributed by atoms with E-state index in [1.165, 1.54) is 10.4 Å². The van der Waals surface area contributed by atoms with E-state index in [0.29, 0.717) is 5.56 Å². The van der Waals surface area contributed by atoms with Crippen LogP contribution in [-0.2, 0) is 13.5 Å². The Morgan fingerprint density at radius 3 is 2.96 bits per heavy atom. The highest BCUT2D eigenvalue weighted by Crippen LogP contribution is 2.36. The van der Waals surface area contributed by atoms with Crippen molar-refractivity contribution >= 4 is 17.2 Å². The number of nitrogens with zero attached hydrogens (tertiary/aromatic N) is 4. The highest BCUT2D eigenvalue weighted by Gasteiger charge is 2.31. The lowest BCUT2D eigenvalue weighted by molar-refractivity contribution is 0.0657. The number of carbonyl (C=O) groups is 1. The van der Waals surface area contributed by atoms with Crippen molar-refractivity contribution in [1.29, 1.82) is 0 Å². The minimum atomic E-state index is 0.0574. The first-order chi connectivity index (χ1) is 12.2. The molecular formula is C19H20N4OS. The van der Waals surface area contributed by atoms with Crippen LogP contribution in [0.15, 0.2) is 42.3 Å². The number of rotatable bonds is 3. The Kier molecular flexibility index (Phi) is 4.13. The summed E-state index contributed by atoms with van der Waals surface area (Å²) in [7, 11) is 1.88. The van der Waals surface area contributed by atoms with Crippen molar-refractivity contribution in [3.05, 3.63) is 58.3 Å². The molecule has 0 saturated carbocycles. The number of aryl methyl sites for hydroxylation is 1. The predicted molar refractivity (Wildman–Crippen MR) is 98.5 cm³/mol. The monoisotopic (exact) mass is 352 g/mol. The number of carbonyl (C=O) groups excluding carboxylic acids is 1. The van der Waals surface area contributed by atoms with E-state index in [1.54, 1.807) is 34.6 Å². The molecule has 1 atom stereocenters. The van der Waals surface area contributed by atoms with E-state index < -0.39 is 0 Å². The van der Waals surface area contributed by atoms with Crippen LogP contribution < -0.4 is 0 Å². The van der Waals surface area contributed by atoms with Crippen molar-refractivity contribution in [1.82, 2.24) is 19.7 Å². The fourth-order valence-corrected chi connectivity index (χ4v) is 4.46. The Labute approximate surface area is 150 Å². The van der Waals surface area contributed by atoms with Crippen molar-refractivity contribution in [2.75, 3.05) is 6.54 Å². The number of fused-ring (bicyclic) bond motifs is 1. The second kappa shape index (κ2) is 6.44. The molecule has 1 unspecified atom stereocenters. The van der Waals surface area contributed by atoms with Gasteiger partial charge in [-0.3, -0.25) is 14.5 Å². The summed E-state index contributed by atoms with van der Waals surface area (Å²) in [5.74, 6) is 0.0574. The van der Waals surface area contributed by atoms with Gasteiger partial charge in [0, 0.05) is 48.2 Å². The van der Waals surface area contributed by atoms with E-state index in [4.69, 9.17) is 0 Å². The maximum Gasteiger partial charge on any atom is 0.255 e. The highest BCUT2D eigenvalue weighted by atomic mass is 32.1. The zero-order chi connectivity index (χ0) is 17.4. The first-order valence-corrected chi connectivity index (χ1v) is 9.36. The summed E-state index contributed by atoms with van der Waals surface area (Å²) in [6.07, 6.45) is 9.02. The molecule has 25 heavy (non-hydrogen) atoms. The first kappa shape index (κ1) is 16.0. The Balaban J connectivity index is 1.65. The van der Waals surface area contributed by atoms with E-state index >= 15 is 0 Å². The van der Waals surface area contributed by atoms with E-state index in [0.717, 1.165) is 30.5 Å². The van der Waals surface area contributed by atoms with Gasteiger partial charge < -0.3 is 4.90 Å². The van der Waals surface area contributed by atoms with Gasteiger partial charge in [-0.15, -0.1) is 11.3 Å². The third-order valence-corrected chi connectivity index (χ3v) is 5.76. The summed E-state index contributed by atoms with van der Waals surface area (Å²) < 4.78 is 1.75. The van der Waals surface area contributed by atoms with Gasteiger partial charge >= 0.3 is 0 Å². The molecule has 0 bridgehead atoms. The smallest absolute Gasteiger partial charge is 0.255 e. The van der Waals surface area contributed by atoms with E-state index in [-0.39, 0.29) is 11.9 Å². The Hall–Kier alpha value is -2.47. The number of aromatic nitrogens is 3. The number of hydrogen-bond donors (Lipinski definition) is 0. The molecule has 128 valence electrons. The fourth-order valence-electron chi connectivity index (χ4n) is 3.53. The second-order valence-corrected chi connectivity index (χ2v) is 7.34. The molecule has 4 rings (SSSR count). The number of hydrogen-bond acceptors (Lipinski definition) is 4. The highest BCUT2D eigenvalue weighted by molar-refractivity contribution is 7.10. The van der Waals surface area contributed by atoms with Crippen LogP contribution in [0.4, 0.5) is 0 Å². The standard InChI is InChI=1S/C19H20N4OS/c1-3-17-16-5-7-25-18(16)4-6-23(17)19(24)14-8-13(9-20-10-14)15-11-21-22(2)12-15/h5,7-12,17H,3-4,6H2,1-2H3. The molecule has 1 amide bonds. The molecule has 0 aliphatic carbocycles. The van der Waals surface area contributed by atoms with Gasteiger partial charge in [0.05, 0.1) is 17.8 Å². The van der Waals surface area contributed by atoms with Crippen LogP contribution in [0.2, 0.25) is 0 Å². The lowest BCUT2D eigenvalue weighted by atomic mass is 9.97. The van der Waals surface area contributed by atoms with Crippen LogP contribution in [-0.4, -0.2) is 32.1 Å². The van der Waals surface area contributed by atoms with Crippen molar-refractivity contribution in [2.24, 2.45) is 7.05 Å². The van der Waals surface area contributed by atoms with Gasteiger partial charge in [0.25, 0.3) is 5.91 Å².